The summed E-state index contributed by atoms with van der Waals surface area (Å²) in [4.78, 5) is 15.3. The summed E-state index contributed by atoms with van der Waals surface area (Å²) in [5.74, 6) is -0.289. The van der Waals surface area contributed by atoms with E-state index in [1.165, 1.54) is 12.1 Å². The first-order valence-corrected chi connectivity index (χ1v) is 7.87. The van der Waals surface area contributed by atoms with Gasteiger partial charge in [0.15, 0.2) is 5.78 Å². The van der Waals surface area contributed by atoms with Crippen LogP contribution in [-0.2, 0) is 4.79 Å². The molecule has 0 amide bonds. The van der Waals surface area contributed by atoms with Crippen LogP contribution >= 0.6 is 0 Å². The van der Waals surface area contributed by atoms with E-state index in [-0.39, 0.29) is 11.6 Å². The third-order valence-corrected chi connectivity index (χ3v) is 4.61. The monoisotopic (exact) mass is 317 g/mol. The number of carbonyl (C=O) groups is 1. The highest BCUT2D eigenvalue weighted by molar-refractivity contribution is 6.35. The van der Waals surface area contributed by atoms with E-state index in [4.69, 9.17) is 0 Å². The van der Waals surface area contributed by atoms with Crippen LogP contribution in [0.15, 0.2) is 79.0 Å². The fourth-order valence-corrected chi connectivity index (χ4v) is 3.35. The largest absolute Gasteiger partial charge is 0.330 e. The first kappa shape index (κ1) is 14.6. The van der Waals surface area contributed by atoms with Crippen LogP contribution < -0.4 is 0 Å². The van der Waals surface area contributed by atoms with Gasteiger partial charge in [0.05, 0.1) is 11.3 Å². The molecule has 2 aromatic carbocycles. The Labute approximate surface area is 140 Å². The summed E-state index contributed by atoms with van der Waals surface area (Å²) in [5, 5.41) is 0. The van der Waals surface area contributed by atoms with Gasteiger partial charge in [0, 0.05) is 6.20 Å². The van der Waals surface area contributed by atoms with Gasteiger partial charge in [0.1, 0.15) is 11.4 Å². The van der Waals surface area contributed by atoms with Gasteiger partial charge in [-0.1, -0.05) is 54.6 Å². The minimum atomic E-state index is -0.746. The van der Waals surface area contributed by atoms with Gasteiger partial charge >= 0.3 is 0 Å². The number of allylic oxidation sites excluding steroid dienone is 2. The van der Waals surface area contributed by atoms with E-state index in [9.17, 15) is 9.18 Å². The quantitative estimate of drug-likeness (QED) is 0.817. The van der Waals surface area contributed by atoms with Crippen molar-refractivity contribution < 1.29 is 9.18 Å². The Balaban J connectivity index is 1.99. The maximum Gasteiger partial charge on any atom is 0.195 e. The summed E-state index contributed by atoms with van der Waals surface area (Å²) >= 11 is 0. The molecule has 24 heavy (non-hydrogen) atoms. The summed E-state index contributed by atoms with van der Waals surface area (Å²) in [6, 6.07) is 16.0. The summed E-state index contributed by atoms with van der Waals surface area (Å²) in [7, 11) is 0. The van der Waals surface area contributed by atoms with Crippen molar-refractivity contribution in [3.8, 4) is 0 Å². The third-order valence-electron chi connectivity index (χ3n) is 4.61. The highest BCUT2D eigenvalue weighted by Gasteiger charge is 2.48. The maximum absolute atomic E-state index is 13.3. The standard InChI is InChI=1S/C21H16FNO/c1-21-13-5-6-14-23(21)19(16-7-3-2-4-8-16)18(20(21)24)15-9-11-17(22)12-10-15/h2-14H,1H3. The van der Waals surface area contributed by atoms with Crippen LogP contribution in [0.1, 0.15) is 18.1 Å². The van der Waals surface area contributed by atoms with Crippen molar-refractivity contribution in [1.29, 1.82) is 0 Å². The van der Waals surface area contributed by atoms with Crippen molar-refractivity contribution in [3.05, 3.63) is 96.0 Å². The third kappa shape index (κ3) is 2.05. The molecule has 2 nitrogen and oxygen atoms in total. The topological polar surface area (TPSA) is 20.3 Å². The highest BCUT2D eigenvalue weighted by Crippen LogP contribution is 2.45. The summed E-state index contributed by atoms with van der Waals surface area (Å²) in [5.41, 5.74) is 2.44. The number of Topliss-reactive ketones (excluding diaryl/α,β-unsaturated/α-hetero) is 1. The summed E-state index contributed by atoms with van der Waals surface area (Å²) in [6.45, 7) is 1.91. The average Bonchev–Trinajstić information content (AvgIpc) is 2.85. The van der Waals surface area contributed by atoms with Crippen molar-refractivity contribution in [3.63, 3.8) is 0 Å². The van der Waals surface area contributed by atoms with Gasteiger partial charge in [-0.15, -0.1) is 0 Å². The molecule has 1 atom stereocenters. The Hall–Kier alpha value is -2.94. The van der Waals surface area contributed by atoms with E-state index in [1.54, 1.807) is 12.1 Å². The predicted octanol–water partition coefficient (Wildman–Crippen LogP) is 4.42. The molecule has 1 unspecified atom stereocenters. The SMILES string of the molecule is CC12C=CC=CN1C(c1ccccc1)=C(c1ccc(F)cc1)C2=O. The fraction of sp³-hybridized carbons (Fsp3) is 0.0952. The van der Waals surface area contributed by atoms with Crippen molar-refractivity contribution >= 4 is 17.1 Å². The lowest BCUT2D eigenvalue weighted by atomic mass is 9.89. The average molecular weight is 317 g/mol. The molecule has 2 aromatic rings. The lowest BCUT2D eigenvalue weighted by molar-refractivity contribution is -0.118. The van der Waals surface area contributed by atoms with Crippen LogP contribution in [0.25, 0.3) is 11.3 Å². The maximum atomic E-state index is 13.3. The molecule has 0 fully saturated rings. The lowest BCUT2D eigenvalue weighted by Gasteiger charge is -2.34. The molecule has 0 aromatic heterocycles. The van der Waals surface area contributed by atoms with Crippen LogP contribution in [0.4, 0.5) is 4.39 Å². The number of hydrogen-bond donors (Lipinski definition) is 0. The number of fused-ring (bicyclic) bond motifs is 1. The van der Waals surface area contributed by atoms with Crippen LogP contribution in [0.5, 0.6) is 0 Å². The van der Waals surface area contributed by atoms with Gasteiger partial charge in [0.25, 0.3) is 0 Å². The second-order valence-corrected chi connectivity index (χ2v) is 6.14. The molecular formula is C21H16FNO. The molecule has 2 aliphatic rings. The van der Waals surface area contributed by atoms with Gasteiger partial charge in [-0.2, -0.15) is 0 Å². The van der Waals surface area contributed by atoms with Gasteiger partial charge < -0.3 is 4.90 Å². The van der Waals surface area contributed by atoms with Gasteiger partial charge in [-0.05, 0) is 36.3 Å². The van der Waals surface area contributed by atoms with E-state index in [0.717, 1.165) is 16.8 Å². The van der Waals surface area contributed by atoms with Crippen molar-refractivity contribution in [2.24, 2.45) is 0 Å². The van der Waals surface area contributed by atoms with Gasteiger partial charge in [-0.25, -0.2) is 4.39 Å². The number of ketones is 1. The minimum Gasteiger partial charge on any atom is -0.330 e. The van der Waals surface area contributed by atoms with Crippen LogP contribution in [-0.4, -0.2) is 16.2 Å². The number of halogens is 1. The second-order valence-electron chi connectivity index (χ2n) is 6.14. The van der Waals surface area contributed by atoms with Crippen LogP contribution in [0.3, 0.4) is 0 Å². The van der Waals surface area contributed by atoms with Crippen molar-refractivity contribution in [2.75, 3.05) is 0 Å². The van der Waals surface area contributed by atoms with E-state index in [1.807, 2.05) is 66.6 Å². The molecule has 0 N–H and O–H groups in total. The molecule has 0 radical (unpaired) electrons. The number of nitrogens with zero attached hydrogens (tertiary/aromatic N) is 1. The summed E-state index contributed by atoms with van der Waals surface area (Å²) < 4.78 is 13.3. The number of carbonyl (C=O) groups excluding carboxylic acids is 1. The Bertz CT molecular complexity index is 893. The number of benzene rings is 2. The molecule has 0 saturated carbocycles. The van der Waals surface area contributed by atoms with E-state index in [0.29, 0.717) is 5.57 Å². The molecule has 2 heterocycles. The lowest BCUT2D eigenvalue weighted by Crippen LogP contribution is -2.43. The number of rotatable bonds is 2. The molecule has 3 heteroatoms. The molecule has 0 bridgehead atoms. The minimum absolute atomic E-state index is 0.0218. The van der Waals surface area contributed by atoms with Gasteiger partial charge in [0.2, 0.25) is 0 Å². The molecule has 0 aliphatic carbocycles. The first-order chi connectivity index (χ1) is 11.6. The molecule has 4 rings (SSSR count). The van der Waals surface area contributed by atoms with E-state index < -0.39 is 5.54 Å². The smallest absolute Gasteiger partial charge is 0.195 e. The van der Waals surface area contributed by atoms with E-state index >= 15 is 0 Å². The van der Waals surface area contributed by atoms with Crippen molar-refractivity contribution in [1.82, 2.24) is 4.90 Å². The zero-order valence-corrected chi connectivity index (χ0v) is 13.2. The zero-order valence-electron chi connectivity index (χ0n) is 13.2. The summed E-state index contributed by atoms with van der Waals surface area (Å²) in [6.07, 6.45) is 7.65. The van der Waals surface area contributed by atoms with Crippen LogP contribution in [0, 0.1) is 5.82 Å². The molecule has 0 saturated heterocycles. The van der Waals surface area contributed by atoms with Gasteiger partial charge in [-0.3, -0.25) is 4.79 Å². The Morgan fingerprint density at radius 2 is 1.62 bits per heavy atom. The molecule has 2 aliphatic heterocycles. The molecule has 0 spiro atoms. The van der Waals surface area contributed by atoms with Crippen LogP contribution in [0.2, 0.25) is 0 Å². The fourth-order valence-electron chi connectivity index (χ4n) is 3.35. The zero-order chi connectivity index (χ0) is 16.7. The predicted molar refractivity (Wildman–Crippen MR) is 93.2 cm³/mol. The Morgan fingerprint density at radius 1 is 0.917 bits per heavy atom. The Morgan fingerprint density at radius 3 is 2.33 bits per heavy atom. The molecular weight excluding hydrogens is 301 g/mol. The highest BCUT2D eigenvalue weighted by atomic mass is 19.1. The first-order valence-electron chi connectivity index (χ1n) is 7.87. The Kier molecular flexibility index (Phi) is 3.24. The molecule has 118 valence electrons. The van der Waals surface area contributed by atoms with E-state index in [2.05, 4.69) is 0 Å². The normalized spacial score (nSPS) is 22.2. The van der Waals surface area contributed by atoms with Crippen molar-refractivity contribution in [2.45, 2.75) is 12.5 Å². The number of hydrogen-bond acceptors (Lipinski definition) is 2. The second kappa shape index (κ2) is 5.31.